The fourth-order valence-electron chi connectivity index (χ4n) is 2.47. The largest absolute Gasteiger partial charge is 0.336 e. The second-order valence-electron chi connectivity index (χ2n) is 5.95. The molecule has 2 rings (SSSR count). The van der Waals surface area contributed by atoms with E-state index in [0.717, 1.165) is 32.7 Å². The van der Waals surface area contributed by atoms with Crippen molar-refractivity contribution in [2.24, 2.45) is 5.92 Å². The van der Waals surface area contributed by atoms with Crippen molar-refractivity contribution in [1.82, 2.24) is 9.80 Å². The maximum absolute atomic E-state index is 12.6. The first kappa shape index (κ1) is 16.5. The number of piperazine rings is 1. The van der Waals surface area contributed by atoms with Gasteiger partial charge < -0.3 is 15.1 Å². The molecule has 0 aliphatic carbocycles. The van der Waals surface area contributed by atoms with Crippen LogP contribution in [0.2, 0.25) is 0 Å². The first-order valence-corrected chi connectivity index (χ1v) is 7.93. The number of anilines is 1. The molecule has 0 atom stereocenters. The SMILES string of the molecule is CCN1CCN(C(=O)c2cccc(NC(=O)C(C)C)c2)CC1. The van der Waals surface area contributed by atoms with E-state index in [0.29, 0.717) is 11.3 Å². The van der Waals surface area contributed by atoms with Gasteiger partial charge in [0.15, 0.2) is 0 Å². The third-order valence-electron chi connectivity index (χ3n) is 4.01. The highest BCUT2D eigenvalue weighted by Crippen LogP contribution is 2.15. The molecule has 5 heteroatoms. The van der Waals surface area contributed by atoms with Crippen LogP contribution in [0.25, 0.3) is 0 Å². The Morgan fingerprint density at radius 2 is 1.86 bits per heavy atom. The molecule has 1 heterocycles. The maximum Gasteiger partial charge on any atom is 0.254 e. The quantitative estimate of drug-likeness (QED) is 0.926. The number of amides is 2. The molecule has 0 saturated carbocycles. The summed E-state index contributed by atoms with van der Waals surface area (Å²) in [6, 6.07) is 7.19. The van der Waals surface area contributed by atoms with Crippen molar-refractivity contribution in [1.29, 1.82) is 0 Å². The number of rotatable bonds is 4. The van der Waals surface area contributed by atoms with Crippen LogP contribution in [0.15, 0.2) is 24.3 Å². The molecule has 1 saturated heterocycles. The minimum Gasteiger partial charge on any atom is -0.336 e. The van der Waals surface area contributed by atoms with E-state index in [9.17, 15) is 9.59 Å². The standard InChI is InChI=1S/C17H25N3O2/c1-4-19-8-10-20(11-9-19)17(22)14-6-5-7-15(12-14)18-16(21)13(2)3/h5-7,12-13H,4,8-11H2,1-3H3,(H,18,21). The summed E-state index contributed by atoms with van der Waals surface area (Å²) in [5, 5.41) is 2.84. The molecule has 1 aliphatic heterocycles. The van der Waals surface area contributed by atoms with Gasteiger partial charge in [0, 0.05) is 43.3 Å². The Morgan fingerprint density at radius 3 is 2.45 bits per heavy atom. The van der Waals surface area contributed by atoms with Gasteiger partial charge in [0.1, 0.15) is 0 Å². The summed E-state index contributed by atoms with van der Waals surface area (Å²) in [7, 11) is 0. The summed E-state index contributed by atoms with van der Waals surface area (Å²) in [4.78, 5) is 28.5. The third-order valence-corrected chi connectivity index (χ3v) is 4.01. The van der Waals surface area contributed by atoms with Crippen molar-refractivity contribution in [2.75, 3.05) is 38.0 Å². The Kier molecular flexibility index (Phi) is 5.55. The Balaban J connectivity index is 2.03. The molecule has 1 aromatic carbocycles. The lowest BCUT2D eigenvalue weighted by Gasteiger charge is -2.34. The summed E-state index contributed by atoms with van der Waals surface area (Å²) in [5.41, 5.74) is 1.31. The van der Waals surface area contributed by atoms with Gasteiger partial charge in [-0.3, -0.25) is 9.59 Å². The molecule has 1 fully saturated rings. The highest BCUT2D eigenvalue weighted by atomic mass is 16.2. The van der Waals surface area contributed by atoms with E-state index >= 15 is 0 Å². The van der Waals surface area contributed by atoms with Crippen LogP contribution < -0.4 is 5.32 Å². The van der Waals surface area contributed by atoms with Gasteiger partial charge in [0.25, 0.3) is 5.91 Å². The minimum atomic E-state index is -0.0820. The van der Waals surface area contributed by atoms with E-state index in [1.54, 1.807) is 12.1 Å². The summed E-state index contributed by atoms with van der Waals surface area (Å²) in [6.07, 6.45) is 0. The molecule has 0 bridgehead atoms. The maximum atomic E-state index is 12.6. The molecule has 120 valence electrons. The predicted octanol–water partition coefficient (Wildman–Crippen LogP) is 2.06. The zero-order chi connectivity index (χ0) is 16.1. The fourth-order valence-corrected chi connectivity index (χ4v) is 2.47. The van der Waals surface area contributed by atoms with E-state index in [1.807, 2.05) is 30.9 Å². The third kappa shape index (κ3) is 4.07. The second-order valence-corrected chi connectivity index (χ2v) is 5.95. The lowest BCUT2D eigenvalue weighted by Crippen LogP contribution is -2.48. The van der Waals surface area contributed by atoms with Gasteiger partial charge in [-0.05, 0) is 24.7 Å². The number of benzene rings is 1. The van der Waals surface area contributed by atoms with Crippen molar-refractivity contribution in [3.63, 3.8) is 0 Å². The van der Waals surface area contributed by atoms with Crippen LogP contribution in [0.1, 0.15) is 31.1 Å². The zero-order valence-electron chi connectivity index (χ0n) is 13.6. The van der Waals surface area contributed by atoms with Crippen LogP contribution in [0.5, 0.6) is 0 Å². The van der Waals surface area contributed by atoms with Crippen LogP contribution in [0, 0.1) is 5.92 Å². The summed E-state index contributed by atoms with van der Waals surface area (Å²) >= 11 is 0. The summed E-state index contributed by atoms with van der Waals surface area (Å²) in [5.74, 6) is -0.0842. The lowest BCUT2D eigenvalue weighted by molar-refractivity contribution is -0.118. The average molecular weight is 303 g/mol. The number of likely N-dealkylation sites (N-methyl/N-ethyl adjacent to an activating group) is 1. The molecule has 0 aromatic heterocycles. The van der Waals surface area contributed by atoms with E-state index in [1.165, 1.54) is 0 Å². The first-order valence-electron chi connectivity index (χ1n) is 7.93. The summed E-state index contributed by atoms with van der Waals surface area (Å²) in [6.45, 7) is 10.2. The van der Waals surface area contributed by atoms with Crippen molar-refractivity contribution < 1.29 is 9.59 Å². The highest BCUT2D eigenvalue weighted by molar-refractivity contribution is 5.97. The number of nitrogens with zero attached hydrogens (tertiary/aromatic N) is 2. The van der Waals surface area contributed by atoms with E-state index in [2.05, 4.69) is 17.1 Å². The predicted molar refractivity (Wildman–Crippen MR) is 87.9 cm³/mol. The monoisotopic (exact) mass is 303 g/mol. The molecule has 0 unspecified atom stereocenters. The van der Waals surface area contributed by atoms with Crippen molar-refractivity contribution in [3.8, 4) is 0 Å². The van der Waals surface area contributed by atoms with E-state index < -0.39 is 0 Å². The normalized spacial score (nSPS) is 15.9. The highest BCUT2D eigenvalue weighted by Gasteiger charge is 2.21. The van der Waals surface area contributed by atoms with Gasteiger partial charge in [0.05, 0.1) is 0 Å². The Bertz CT molecular complexity index is 534. The van der Waals surface area contributed by atoms with Crippen LogP contribution in [0.3, 0.4) is 0 Å². The molecule has 1 aromatic rings. The van der Waals surface area contributed by atoms with Crippen molar-refractivity contribution in [3.05, 3.63) is 29.8 Å². The molecule has 0 spiro atoms. The molecule has 5 nitrogen and oxygen atoms in total. The van der Waals surface area contributed by atoms with Crippen molar-refractivity contribution >= 4 is 17.5 Å². The number of hydrogen-bond acceptors (Lipinski definition) is 3. The Labute approximate surface area is 132 Å². The molecular weight excluding hydrogens is 278 g/mol. The molecule has 1 N–H and O–H groups in total. The first-order chi connectivity index (χ1) is 10.5. The van der Waals surface area contributed by atoms with Gasteiger partial charge in [-0.1, -0.05) is 26.8 Å². The van der Waals surface area contributed by atoms with Crippen LogP contribution in [-0.4, -0.2) is 54.3 Å². The second kappa shape index (κ2) is 7.40. The van der Waals surface area contributed by atoms with Gasteiger partial charge in [-0.25, -0.2) is 0 Å². The fraction of sp³-hybridized carbons (Fsp3) is 0.529. The van der Waals surface area contributed by atoms with E-state index in [-0.39, 0.29) is 17.7 Å². The van der Waals surface area contributed by atoms with Crippen molar-refractivity contribution in [2.45, 2.75) is 20.8 Å². The number of carbonyl (C=O) groups excluding carboxylic acids is 2. The zero-order valence-corrected chi connectivity index (χ0v) is 13.6. The average Bonchev–Trinajstić information content (AvgIpc) is 2.54. The number of nitrogens with one attached hydrogen (secondary N) is 1. The van der Waals surface area contributed by atoms with E-state index in [4.69, 9.17) is 0 Å². The van der Waals surface area contributed by atoms with Gasteiger partial charge in [-0.2, -0.15) is 0 Å². The van der Waals surface area contributed by atoms with Gasteiger partial charge >= 0.3 is 0 Å². The lowest BCUT2D eigenvalue weighted by atomic mass is 10.1. The molecular formula is C17H25N3O2. The Morgan fingerprint density at radius 1 is 1.18 bits per heavy atom. The number of carbonyl (C=O) groups is 2. The van der Waals surface area contributed by atoms with Gasteiger partial charge in [-0.15, -0.1) is 0 Å². The molecule has 0 radical (unpaired) electrons. The Hall–Kier alpha value is -1.88. The molecule has 1 aliphatic rings. The van der Waals surface area contributed by atoms with Crippen LogP contribution >= 0.6 is 0 Å². The minimum absolute atomic E-state index is 0.0383. The van der Waals surface area contributed by atoms with Crippen LogP contribution in [-0.2, 0) is 4.79 Å². The smallest absolute Gasteiger partial charge is 0.254 e. The van der Waals surface area contributed by atoms with Crippen LogP contribution in [0.4, 0.5) is 5.69 Å². The summed E-state index contributed by atoms with van der Waals surface area (Å²) < 4.78 is 0. The topological polar surface area (TPSA) is 52.6 Å². The molecule has 2 amide bonds. The molecule has 22 heavy (non-hydrogen) atoms. The van der Waals surface area contributed by atoms with Gasteiger partial charge in [0.2, 0.25) is 5.91 Å². The number of hydrogen-bond donors (Lipinski definition) is 1.